The van der Waals surface area contributed by atoms with Gasteiger partial charge in [-0.15, -0.1) is 0 Å². The molecular formula is C40H50N16O3. The van der Waals surface area contributed by atoms with Crippen molar-refractivity contribution in [2.45, 2.75) is 63.5 Å². The Hall–Kier alpha value is -6.50. The molecule has 4 N–H and O–H groups in total. The van der Waals surface area contributed by atoms with E-state index >= 15 is 0 Å². The molecule has 10 rings (SSSR count). The minimum atomic E-state index is -0.630. The number of aromatic nitrogens is 12. The number of piperidine rings is 2. The van der Waals surface area contributed by atoms with Crippen molar-refractivity contribution >= 4 is 35.1 Å². The number of nitrogens with zero attached hydrogens (tertiary/aromatic N) is 13. The maximum atomic E-state index is 12.2. The molecule has 2 saturated heterocycles. The SMILES string of the molecule is Cn1cc(Nc2nccc(-c3cnn(C4CCN(C(=O)C5CC5)CC4)c3)n2)cn1.Cn1cc(Nc2nccc(-c3cnn(C4CCNCC4)c3)n2)cn1.O=C(O)C1CC1. The van der Waals surface area contributed by atoms with E-state index in [1.807, 2.05) is 66.8 Å². The molecule has 59 heavy (non-hydrogen) atoms. The lowest BCUT2D eigenvalue weighted by molar-refractivity contribution is -0.138. The van der Waals surface area contributed by atoms with Gasteiger partial charge in [0.15, 0.2) is 0 Å². The van der Waals surface area contributed by atoms with Gasteiger partial charge >= 0.3 is 5.97 Å². The molecule has 6 aromatic heterocycles. The second kappa shape index (κ2) is 18.0. The molecule has 0 aromatic carbocycles. The van der Waals surface area contributed by atoms with Crippen molar-refractivity contribution in [2.24, 2.45) is 25.9 Å². The Morgan fingerprint density at radius 1 is 0.644 bits per heavy atom. The normalized spacial score (nSPS) is 17.0. The van der Waals surface area contributed by atoms with Crippen molar-refractivity contribution in [3.63, 3.8) is 0 Å². The number of carbonyl (C=O) groups excluding carboxylic acids is 1. The molecule has 19 heteroatoms. The van der Waals surface area contributed by atoms with Crippen LogP contribution in [-0.2, 0) is 23.7 Å². The lowest BCUT2D eigenvalue weighted by Gasteiger charge is -2.32. The molecule has 2 saturated carbocycles. The van der Waals surface area contributed by atoms with Crippen LogP contribution in [0.5, 0.6) is 0 Å². The number of rotatable bonds is 10. The van der Waals surface area contributed by atoms with E-state index in [4.69, 9.17) is 5.11 Å². The predicted molar refractivity (Wildman–Crippen MR) is 219 cm³/mol. The van der Waals surface area contributed by atoms with Crippen molar-refractivity contribution in [3.05, 3.63) is 74.1 Å². The van der Waals surface area contributed by atoms with Crippen LogP contribution in [0.15, 0.2) is 74.1 Å². The summed E-state index contributed by atoms with van der Waals surface area (Å²) in [6, 6.07) is 4.57. The molecule has 19 nitrogen and oxygen atoms in total. The molecule has 1 amide bonds. The Bertz CT molecular complexity index is 2330. The van der Waals surface area contributed by atoms with Gasteiger partial charge in [-0.3, -0.25) is 28.3 Å². The van der Waals surface area contributed by atoms with Crippen molar-refractivity contribution in [3.8, 4) is 22.5 Å². The number of likely N-dealkylation sites (tertiary alicyclic amines) is 1. The maximum Gasteiger partial charge on any atom is 0.306 e. The van der Waals surface area contributed by atoms with Crippen LogP contribution in [0.2, 0.25) is 0 Å². The van der Waals surface area contributed by atoms with Gasteiger partial charge in [0.25, 0.3) is 0 Å². The highest BCUT2D eigenvalue weighted by atomic mass is 16.4. The van der Waals surface area contributed by atoms with E-state index < -0.39 is 5.97 Å². The second-order valence-corrected chi connectivity index (χ2v) is 15.4. The maximum absolute atomic E-state index is 12.2. The number of hydrogen-bond donors (Lipinski definition) is 4. The molecule has 0 bridgehead atoms. The first-order valence-corrected chi connectivity index (χ1v) is 20.2. The molecule has 0 atom stereocenters. The summed E-state index contributed by atoms with van der Waals surface area (Å²) in [5.74, 6) is 1.11. The summed E-state index contributed by atoms with van der Waals surface area (Å²) in [6.07, 6.45) is 26.6. The number of aryl methyl sites for hydroxylation is 2. The van der Waals surface area contributed by atoms with Gasteiger partial charge in [0.1, 0.15) is 0 Å². The first-order valence-electron chi connectivity index (χ1n) is 20.2. The molecule has 6 aromatic rings. The largest absolute Gasteiger partial charge is 0.481 e. The Balaban J connectivity index is 0.000000146. The summed E-state index contributed by atoms with van der Waals surface area (Å²) in [4.78, 5) is 41.8. The monoisotopic (exact) mass is 802 g/mol. The number of carbonyl (C=O) groups is 2. The zero-order valence-corrected chi connectivity index (χ0v) is 33.3. The van der Waals surface area contributed by atoms with Gasteiger partial charge in [0.05, 0.1) is 65.6 Å². The highest BCUT2D eigenvalue weighted by molar-refractivity contribution is 5.81. The van der Waals surface area contributed by atoms with Crippen LogP contribution in [0.4, 0.5) is 23.3 Å². The summed E-state index contributed by atoms with van der Waals surface area (Å²) < 4.78 is 7.53. The van der Waals surface area contributed by atoms with Gasteiger partial charge in [0, 0.05) is 81.4 Å². The fourth-order valence-electron chi connectivity index (χ4n) is 7.07. The third-order valence-corrected chi connectivity index (χ3v) is 10.7. The summed E-state index contributed by atoms with van der Waals surface area (Å²) in [5, 5.41) is 35.1. The van der Waals surface area contributed by atoms with Crippen LogP contribution in [0, 0.1) is 11.8 Å². The fourth-order valence-corrected chi connectivity index (χ4v) is 7.07. The third-order valence-electron chi connectivity index (χ3n) is 10.7. The standard InChI is InChI=1S/C20H24N8O.C16H20N8.C4H6O2/c1-26-13-16(11-22-26)24-20-21-7-4-18(25-20)15-10-23-28(12-15)17-5-8-27(9-6-17)19(29)14-2-3-14;1-23-11-13(9-19-23)21-16-18-7-4-15(22-16)12-8-20-24(10-12)14-2-5-17-6-3-14;5-4(6)3-1-2-3/h4,7,10-14,17H,2-3,5-6,8-9H2,1H3,(H,21,24,25);4,7-11,14,17H,2-3,5-6H2,1H3,(H,18,21,22);3H,1-2H2,(H,5,6). The predicted octanol–water partition coefficient (Wildman–Crippen LogP) is 4.61. The average molecular weight is 803 g/mol. The number of hydrogen-bond acceptors (Lipinski definition) is 13. The van der Waals surface area contributed by atoms with E-state index in [1.54, 1.807) is 34.2 Å². The molecule has 308 valence electrons. The van der Waals surface area contributed by atoms with Gasteiger partial charge in [-0.2, -0.15) is 20.4 Å². The molecule has 0 radical (unpaired) electrons. The van der Waals surface area contributed by atoms with Crippen LogP contribution < -0.4 is 16.0 Å². The molecular weight excluding hydrogens is 753 g/mol. The average Bonchev–Trinajstić information content (AvgIpc) is 4.08. The highest BCUT2D eigenvalue weighted by Crippen LogP contribution is 2.33. The molecule has 0 unspecified atom stereocenters. The Kier molecular flexibility index (Phi) is 12.0. The van der Waals surface area contributed by atoms with Crippen molar-refractivity contribution in [2.75, 3.05) is 36.8 Å². The van der Waals surface area contributed by atoms with Crippen molar-refractivity contribution in [1.29, 1.82) is 0 Å². The van der Waals surface area contributed by atoms with Gasteiger partial charge < -0.3 is 26.0 Å². The first kappa shape index (κ1) is 39.3. The van der Waals surface area contributed by atoms with E-state index in [2.05, 4.69) is 67.2 Å². The summed E-state index contributed by atoms with van der Waals surface area (Å²) >= 11 is 0. The number of aliphatic carboxylic acids is 1. The molecule has 4 fully saturated rings. The van der Waals surface area contributed by atoms with E-state index in [0.717, 1.165) is 111 Å². The molecule has 4 aliphatic rings. The van der Waals surface area contributed by atoms with E-state index in [9.17, 15) is 9.59 Å². The quantitative estimate of drug-likeness (QED) is 0.149. The molecule has 0 spiro atoms. The highest BCUT2D eigenvalue weighted by Gasteiger charge is 2.35. The van der Waals surface area contributed by atoms with Gasteiger partial charge in [-0.1, -0.05) is 0 Å². The number of anilines is 4. The Morgan fingerprint density at radius 2 is 1.14 bits per heavy atom. The lowest BCUT2D eigenvalue weighted by Crippen LogP contribution is -2.39. The fraction of sp³-hybridized carbons (Fsp3) is 0.450. The second-order valence-electron chi connectivity index (χ2n) is 15.4. The van der Waals surface area contributed by atoms with Crippen molar-refractivity contribution < 1.29 is 14.7 Å². The summed E-state index contributed by atoms with van der Waals surface area (Å²) in [7, 11) is 3.74. The first-order chi connectivity index (χ1) is 28.7. The van der Waals surface area contributed by atoms with Crippen LogP contribution in [0.3, 0.4) is 0 Å². The minimum Gasteiger partial charge on any atom is -0.481 e. The lowest BCUT2D eigenvalue weighted by atomic mass is 10.0. The van der Waals surface area contributed by atoms with Gasteiger partial charge in [0.2, 0.25) is 17.8 Å². The number of carboxylic acids is 1. The topological polar surface area (TPSA) is 217 Å². The molecule has 2 aliphatic heterocycles. The van der Waals surface area contributed by atoms with E-state index in [-0.39, 0.29) is 5.92 Å². The zero-order chi connectivity index (χ0) is 40.7. The third kappa shape index (κ3) is 10.5. The zero-order valence-electron chi connectivity index (χ0n) is 33.3. The van der Waals surface area contributed by atoms with Crippen LogP contribution in [0.25, 0.3) is 22.5 Å². The van der Waals surface area contributed by atoms with E-state index in [0.29, 0.717) is 35.8 Å². The van der Waals surface area contributed by atoms with Crippen LogP contribution in [-0.4, -0.2) is 107 Å². The number of carboxylic acid groups (broad SMARTS) is 1. The Morgan fingerprint density at radius 3 is 1.56 bits per heavy atom. The van der Waals surface area contributed by atoms with Gasteiger partial charge in [-0.25, -0.2) is 19.9 Å². The number of amides is 1. The van der Waals surface area contributed by atoms with Gasteiger partial charge in [-0.05, 0) is 76.6 Å². The van der Waals surface area contributed by atoms with Crippen LogP contribution >= 0.6 is 0 Å². The van der Waals surface area contributed by atoms with Crippen LogP contribution in [0.1, 0.15) is 63.5 Å². The Labute approximate surface area is 341 Å². The summed E-state index contributed by atoms with van der Waals surface area (Å²) in [6.45, 7) is 3.74. The smallest absolute Gasteiger partial charge is 0.306 e. The number of nitrogens with one attached hydrogen (secondary N) is 3. The minimum absolute atomic E-state index is 0.0185. The van der Waals surface area contributed by atoms with E-state index in [1.165, 1.54) is 0 Å². The molecule has 8 heterocycles. The van der Waals surface area contributed by atoms with Crippen molar-refractivity contribution in [1.82, 2.24) is 69.3 Å². The molecule has 2 aliphatic carbocycles. The summed E-state index contributed by atoms with van der Waals surface area (Å²) in [5.41, 5.74) is 5.34.